The number of halogens is 7. The molecule has 1 saturated heterocycles. The lowest BCUT2D eigenvalue weighted by molar-refractivity contribution is -0.199. The highest BCUT2D eigenvalue weighted by Crippen LogP contribution is 2.32. The lowest BCUT2D eigenvalue weighted by atomic mass is 10.0. The molecule has 0 amide bonds. The molecule has 0 unspecified atom stereocenters. The van der Waals surface area contributed by atoms with Crippen molar-refractivity contribution in [2.45, 2.75) is 30.6 Å². The SMILES string of the molecule is O=C(ON(c1cscn1)S(=O)(=O)c1c(F)cc(NCc2c(Cl)ccc(F)c2CN2CCC2)cc1F)C(F)(F)F. The number of hydrogen-bond acceptors (Lipinski definition) is 8. The van der Waals surface area contributed by atoms with Crippen LogP contribution in [0.3, 0.4) is 0 Å². The van der Waals surface area contributed by atoms with Gasteiger partial charge in [0, 0.05) is 34.7 Å². The first-order valence-electron chi connectivity index (χ1n) is 10.9. The Kier molecular flexibility index (Phi) is 8.30. The summed E-state index contributed by atoms with van der Waals surface area (Å²) < 4.78 is 108. The highest BCUT2D eigenvalue weighted by atomic mass is 35.5. The number of aromatic nitrogens is 1. The lowest BCUT2D eigenvalue weighted by Gasteiger charge is -2.31. The van der Waals surface area contributed by atoms with Gasteiger partial charge in [0.1, 0.15) is 17.5 Å². The van der Waals surface area contributed by atoms with Crippen molar-refractivity contribution < 1.29 is 44.4 Å². The maximum Gasteiger partial charge on any atom is 0.493 e. The van der Waals surface area contributed by atoms with Crippen molar-refractivity contribution in [2.24, 2.45) is 0 Å². The van der Waals surface area contributed by atoms with Gasteiger partial charge in [0.25, 0.3) is 0 Å². The van der Waals surface area contributed by atoms with Gasteiger partial charge in [0.15, 0.2) is 10.7 Å². The average Bonchev–Trinajstić information content (AvgIpc) is 3.34. The summed E-state index contributed by atoms with van der Waals surface area (Å²) in [5.74, 6) is -7.76. The van der Waals surface area contributed by atoms with Crippen LogP contribution in [0.4, 0.5) is 37.8 Å². The topological polar surface area (TPSA) is 91.8 Å². The van der Waals surface area contributed by atoms with Crippen LogP contribution in [0.15, 0.2) is 40.1 Å². The molecule has 0 spiro atoms. The van der Waals surface area contributed by atoms with E-state index in [0.29, 0.717) is 29.0 Å². The smallest absolute Gasteiger partial charge is 0.381 e. The molecule has 0 atom stereocenters. The molecule has 39 heavy (non-hydrogen) atoms. The van der Waals surface area contributed by atoms with Crippen molar-refractivity contribution in [1.82, 2.24) is 9.88 Å². The highest BCUT2D eigenvalue weighted by Gasteiger charge is 2.46. The highest BCUT2D eigenvalue weighted by molar-refractivity contribution is 7.92. The molecule has 1 aromatic heterocycles. The Bertz CT molecular complexity index is 1460. The van der Waals surface area contributed by atoms with Crippen LogP contribution in [0, 0.1) is 17.5 Å². The fourth-order valence-corrected chi connectivity index (χ4v) is 5.69. The Morgan fingerprint density at radius 3 is 2.33 bits per heavy atom. The van der Waals surface area contributed by atoms with Crippen molar-refractivity contribution in [1.29, 1.82) is 0 Å². The number of carbonyl (C=O) groups is 1. The zero-order valence-electron chi connectivity index (χ0n) is 19.4. The third-order valence-corrected chi connectivity index (χ3v) is 8.13. The number of anilines is 2. The fraction of sp³-hybridized carbons (Fsp3) is 0.273. The molecule has 0 bridgehead atoms. The van der Waals surface area contributed by atoms with Gasteiger partial charge in [-0.1, -0.05) is 16.1 Å². The van der Waals surface area contributed by atoms with Crippen LogP contribution in [0.1, 0.15) is 17.5 Å². The van der Waals surface area contributed by atoms with Gasteiger partial charge in [-0.05, 0) is 49.3 Å². The van der Waals surface area contributed by atoms with E-state index in [2.05, 4.69) is 15.1 Å². The van der Waals surface area contributed by atoms with E-state index in [1.54, 1.807) is 0 Å². The number of thiazole rings is 1. The summed E-state index contributed by atoms with van der Waals surface area (Å²) >= 11 is 6.95. The minimum atomic E-state index is -5.62. The number of likely N-dealkylation sites (tertiary alicyclic amines) is 1. The lowest BCUT2D eigenvalue weighted by Crippen LogP contribution is -2.39. The largest absolute Gasteiger partial charge is 0.493 e. The van der Waals surface area contributed by atoms with E-state index in [-0.39, 0.29) is 29.4 Å². The van der Waals surface area contributed by atoms with Crippen LogP contribution in [-0.2, 0) is 32.7 Å². The van der Waals surface area contributed by atoms with Crippen LogP contribution < -0.4 is 9.79 Å². The number of sulfonamides is 1. The van der Waals surface area contributed by atoms with Gasteiger partial charge in [-0.3, -0.25) is 4.90 Å². The fourth-order valence-electron chi connectivity index (χ4n) is 3.59. The number of nitrogens with zero attached hydrogens (tertiary/aromatic N) is 3. The van der Waals surface area contributed by atoms with E-state index < -0.39 is 54.8 Å². The molecular weight excluding hydrogens is 598 g/mol. The summed E-state index contributed by atoms with van der Waals surface area (Å²) in [6.45, 7) is 1.59. The number of benzene rings is 2. The first-order chi connectivity index (χ1) is 18.3. The van der Waals surface area contributed by atoms with Gasteiger partial charge < -0.3 is 10.2 Å². The normalized spacial score (nSPS) is 14.1. The van der Waals surface area contributed by atoms with Crippen molar-refractivity contribution >= 4 is 50.4 Å². The molecule has 1 N–H and O–H groups in total. The molecule has 17 heteroatoms. The van der Waals surface area contributed by atoms with Crippen molar-refractivity contribution in [2.75, 3.05) is 22.9 Å². The maximum absolute atomic E-state index is 15.0. The molecular formula is C22H17ClF6N4O4S2. The van der Waals surface area contributed by atoms with Gasteiger partial charge in [-0.25, -0.2) is 22.9 Å². The number of rotatable bonds is 9. The molecule has 8 nitrogen and oxygen atoms in total. The molecule has 3 aromatic rings. The predicted octanol–water partition coefficient (Wildman–Crippen LogP) is 5.25. The van der Waals surface area contributed by atoms with E-state index in [1.165, 1.54) is 12.1 Å². The zero-order chi connectivity index (χ0) is 28.5. The molecule has 1 fully saturated rings. The third kappa shape index (κ3) is 6.23. The van der Waals surface area contributed by atoms with Crippen molar-refractivity contribution in [3.63, 3.8) is 0 Å². The molecule has 4 rings (SSSR count). The van der Waals surface area contributed by atoms with Gasteiger partial charge in [0.2, 0.25) is 0 Å². The first kappa shape index (κ1) is 28.9. The Morgan fingerprint density at radius 2 is 1.79 bits per heavy atom. The van der Waals surface area contributed by atoms with Crippen LogP contribution in [0.2, 0.25) is 5.02 Å². The Hall–Kier alpha value is -3.08. The Balaban J connectivity index is 1.62. The second-order valence-corrected chi connectivity index (χ2v) is 11.0. The number of hydrogen-bond donors (Lipinski definition) is 1. The van der Waals surface area contributed by atoms with E-state index in [4.69, 9.17) is 11.6 Å². The predicted molar refractivity (Wildman–Crippen MR) is 129 cm³/mol. The monoisotopic (exact) mass is 614 g/mol. The minimum absolute atomic E-state index is 0.185. The Labute approximate surface area is 226 Å². The van der Waals surface area contributed by atoms with Gasteiger partial charge in [-0.2, -0.15) is 21.6 Å². The van der Waals surface area contributed by atoms with Gasteiger partial charge in [-0.15, -0.1) is 11.3 Å². The van der Waals surface area contributed by atoms with Crippen LogP contribution in [0.25, 0.3) is 0 Å². The Morgan fingerprint density at radius 1 is 1.13 bits per heavy atom. The number of carbonyl (C=O) groups excluding carboxylic acids is 1. The summed E-state index contributed by atoms with van der Waals surface area (Å²) in [6.07, 6.45) is -4.67. The summed E-state index contributed by atoms with van der Waals surface area (Å²) in [6, 6.07) is 3.63. The van der Waals surface area contributed by atoms with E-state index >= 15 is 0 Å². The van der Waals surface area contributed by atoms with E-state index in [9.17, 15) is 39.6 Å². The summed E-state index contributed by atoms with van der Waals surface area (Å²) in [5, 5.41) is 3.71. The second kappa shape index (κ2) is 11.2. The first-order valence-corrected chi connectivity index (χ1v) is 13.7. The molecule has 2 heterocycles. The molecule has 210 valence electrons. The standard InChI is InChI=1S/C22H17ClF6N4O4S2/c23-15-2-3-16(24)14(9-32-4-1-5-32)13(15)8-30-12-6-17(25)20(18(26)7-12)39(35,36)33(19-10-38-11-31-19)37-21(34)22(27,28)29/h2-3,6-7,10-11,30H,1,4-5,8-9H2. The van der Waals surface area contributed by atoms with Gasteiger partial charge in [0.05, 0.1) is 5.51 Å². The van der Waals surface area contributed by atoms with E-state index in [0.717, 1.165) is 30.4 Å². The summed E-state index contributed by atoms with van der Waals surface area (Å²) in [4.78, 5) is 19.0. The summed E-state index contributed by atoms with van der Waals surface area (Å²) in [7, 11) is -5.57. The van der Waals surface area contributed by atoms with Crippen LogP contribution in [0.5, 0.6) is 0 Å². The average molecular weight is 615 g/mol. The molecule has 0 saturated carbocycles. The van der Waals surface area contributed by atoms with Crippen LogP contribution >= 0.6 is 22.9 Å². The summed E-state index contributed by atoms with van der Waals surface area (Å²) in [5.41, 5.74) is 1.30. The zero-order valence-corrected chi connectivity index (χ0v) is 21.8. The quantitative estimate of drug-likeness (QED) is 0.260. The molecule has 1 aliphatic rings. The minimum Gasteiger partial charge on any atom is -0.381 e. The molecule has 2 aromatic carbocycles. The van der Waals surface area contributed by atoms with Crippen molar-refractivity contribution in [3.8, 4) is 0 Å². The van der Waals surface area contributed by atoms with Gasteiger partial charge >= 0.3 is 22.2 Å². The molecule has 0 radical (unpaired) electrons. The molecule has 1 aliphatic heterocycles. The van der Waals surface area contributed by atoms with Crippen molar-refractivity contribution in [3.05, 3.63) is 68.8 Å². The van der Waals surface area contributed by atoms with Crippen LogP contribution in [-0.4, -0.2) is 43.5 Å². The maximum atomic E-state index is 15.0. The third-order valence-electron chi connectivity index (χ3n) is 5.59. The van der Waals surface area contributed by atoms with E-state index in [1.807, 2.05) is 4.90 Å². The second-order valence-electron chi connectivity index (χ2n) is 8.19. The number of alkyl halides is 3. The number of nitrogens with one attached hydrogen (secondary N) is 1. The molecule has 0 aliphatic carbocycles.